The van der Waals surface area contributed by atoms with Gasteiger partial charge in [0.1, 0.15) is 5.69 Å². The number of hydrogen-bond donors (Lipinski definition) is 1. The van der Waals surface area contributed by atoms with Crippen molar-refractivity contribution in [2.45, 2.75) is 0 Å². The van der Waals surface area contributed by atoms with E-state index in [9.17, 15) is 4.79 Å². The SMILES string of the molecule is NC(=O)c1ccnn1-c1ccccn1. The van der Waals surface area contributed by atoms with E-state index < -0.39 is 5.91 Å². The number of amides is 1. The summed E-state index contributed by atoms with van der Waals surface area (Å²) < 4.78 is 1.41. The zero-order valence-corrected chi connectivity index (χ0v) is 7.29. The normalized spacial score (nSPS) is 10.0. The Labute approximate surface area is 80.2 Å². The van der Waals surface area contributed by atoms with Crippen molar-refractivity contribution in [1.29, 1.82) is 0 Å². The van der Waals surface area contributed by atoms with Gasteiger partial charge in [0.25, 0.3) is 5.91 Å². The Bertz CT molecular complexity index is 449. The lowest BCUT2D eigenvalue weighted by Crippen LogP contribution is -2.17. The van der Waals surface area contributed by atoms with Crippen molar-refractivity contribution in [3.63, 3.8) is 0 Å². The first kappa shape index (κ1) is 8.43. The van der Waals surface area contributed by atoms with Gasteiger partial charge in [-0.15, -0.1) is 0 Å². The van der Waals surface area contributed by atoms with Crippen molar-refractivity contribution in [1.82, 2.24) is 14.8 Å². The zero-order chi connectivity index (χ0) is 9.97. The van der Waals surface area contributed by atoms with Gasteiger partial charge in [-0.3, -0.25) is 4.79 Å². The van der Waals surface area contributed by atoms with Gasteiger partial charge >= 0.3 is 0 Å². The van der Waals surface area contributed by atoms with Crippen LogP contribution in [0.25, 0.3) is 5.82 Å². The lowest BCUT2D eigenvalue weighted by atomic mass is 10.4. The van der Waals surface area contributed by atoms with E-state index in [1.54, 1.807) is 24.4 Å². The second kappa shape index (κ2) is 3.29. The molecule has 1 amide bonds. The summed E-state index contributed by atoms with van der Waals surface area (Å²) in [6.07, 6.45) is 3.14. The van der Waals surface area contributed by atoms with Crippen molar-refractivity contribution in [2.24, 2.45) is 5.73 Å². The Hall–Kier alpha value is -2.17. The number of nitrogens with two attached hydrogens (primary N) is 1. The van der Waals surface area contributed by atoms with Crippen LogP contribution in [0.5, 0.6) is 0 Å². The Balaban J connectivity index is 2.52. The molecule has 0 bridgehead atoms. The molecule has 2 rings (SSSR count). The molecule has 0 saturated carbocycles. The highest BCUT2D eigenvalue weighted by Crippen LogP contribution is 2.05. The molecule has 0 atom stereocenters. The lowest BCUT2D eigenvalue weighted by Gasteiger charge is -2.02. The zero-order valence-electron chi connectivity index (χ0n) is 7.29. The molecule has 0 unspecified atom stereocenters. The van der Waals surface area contributed by atoms with Gasteiger partial charge in [0, 0.05) is 6.20 Å². The molecule has 70 valence electrons. The third-order valence-electron chi connectivity index (χ3n) is 1.76. The molecular formula is C9H8N4O. The summed E-state index contributed by atoms with van der Waals surface area (Å²) in [5.41, 5.74) is 5.49. The third-order valence-corrected chi connectivity index (χ3v) is 1.76. The lowest BCUT2D eigenvalue weighted by molar-refractivity contribution is 0.0993. The van der Waals surface area contributed by atoms with Crippen LogP contribution in [0.1, 0.15) is 10.5 Å². The molecule has 0 aliphatic heterocycles. The molecule has 2 N–H and O–H groups in total. The molecule has 5 nitrogen and oxygen atoms in total. The summed E-state index contributed by atoms with van der Waals surface area (Å²) in [6.45, 7) is 0. The maximum absolute atomic E-state index is 11.0. The second-order valence-electron chi connectivity index (χ2n) is 2.68. The number of primary amides is 1. The standard InChI is InChI=1S/C9H8N4O/c10-9(14)7-4-6-12-13(7)8-3-1-2-5-11-8/h1-6H,(H2,10,14). The van der Waals surface area contributed by atoms with Crippen LogP contribution in [-0.2, 0) is 0 Å². The van der Waals surface area contributed by atoms with E-state index in [4.69, 9.17) is 5.73 Å². The highest BCUT2D eigenvalue weighted by Gasteiger charge is 2.09. The summed E-state index contributed by atoms with van der Waals surface area (Å²) in [5, 5.41) is 3.96. The number of rotatable bonds is 2. The Morgan fingerprint density at radius 2 is 2.14 bits per heavy atom. The van der Waals surface area contributed by atoms with Gasteiger partial charge in [0.15, 0.2) is 5.82 Å². The van der Waals surface area contributed by atoms with Gasteiger partial charge < -0.3 is 5.73 Å². The fourth-order valence-electron chi connectivity index (χ4n) is 1.15. The summed E-state index contributed by atoms with van der Waals surface area (Å²) in [7, 11) is 0. The van der Waals surface area contributed by atoms with Crippen molar-refractivity contribution in [3.8, 4) is 5.82 Å². The van der Waals surface area contributed by atoms with Gasteiger partial charge in [-0.2, -0.15) is 5.10 Å². The van der Waals surface area contributed by atoms with Crippen molar-refractivity contribution >= 4 is 5.91 Å². The summed E-state index contributed by atoms with van der Waals surface area (Å²) in [5.74, 6) is 0.0550. The van der Waals surface area contributed by atoms with Gasteiger partial charge in [0.05, 0.1) is 6.20 Å². The van der Waals surface area contributed by atoms with Crippen molar-refractivity contribution < 1.29 is 4.79 Å². The topological polar surface area (TPSA) is 73.8 Å². The monoisotopic (exact) mass is 188 g/mol. The van der Waals surface area contributed by atoms with Crippen LogP contribution in [0.2, 0.25) is 0 Å². The Morgan fingerprint density at radius 3 is 2.79 bits per heavy atom. The summed E-state index contributed by atoms with van der Waals surface area (Å²) >= 11 is 0. The van der Waals surface area contributed by atoms with Crippen LogP contribution in [0.3, 0.4) is 0 Å². The maximum Gasteiger partial charge on any atom is 0.267 e. The number of carbonyl (C=O) groups excluding carboxylic acids is 1. The van der Waals surface area contributed by atoms with Crippen molar-refractivity contribution in [2.75, 3.05) is 0 Å². The molecule has 0 radical (unpaired) electrons. The van der Waals surface area contributed by atoms with Crippen LogP contribution in [0.4, 0.5) is 0 Å². The predicted octanol–water partition coefficient (Wildman–Crippen LogP) is 0.366. The van der Waals surface area contributed by atoms with E-state index in [-0.39, 0.29) is 0 Å². The molecule has 2 aromatic heterocycles. The van der Waals surface area contributed by atoms with Gasteiger partial charge in [-0.1, -0.05) is 6.07 Å². The average molecular weight is 188 g/mol. The van der Waals surface area contributed by atoms with Gasteiger partial charge in [-0.05, 0) is 18.2 Å². The molecule has 2 aromatic rings. The minimum absolute atomic E-state index is 0.323. The highest BCUT2D eigenvalue weighted by atomic mass is 16.1. The number of carbonyl (C=O) groups is 1. The molecule has 0 spiro atoms. The maximum atomic E-state index is 11.0. The molecular weight excluding hydrogens is 180 g/mol. The number of pyridine rings is 1. The van der Waals surface area contributed by atoms with E-state index in [1.807, 2.05) is 6.07 Å². The molecule has 0 aliphatic carbocycles. The van der Waals surface area contributed by atoms with E-state index in [0.29, 0.717) is 11.5 Å². The van der Waals surface area contributed by atoms with Crippen LogP contribution < -0.4 is 5.73 Å². The van der Waals surface area contributed by atoms with Crippen molar-refractivity contribution in [3.05, 3.63) is 42.4 Å². The molecule has 14 heavy (non-hydrogen) atoms. The minimum Gasteiger partial charge on any atom is -0.364 e. The number of aromatic nitrogens is 3. The van der Waals surface area contributed by atoms with E-state index in [1.165, 1.54) is 10.9 Å². The second-order valence-corrected chi connectivity index (χ2v) is 2.68. The van der Waals surface area contributed by atoms with E-state index in [0.717, 1.165) is 0 Å². The number of hydrogen-bond acceptors (Lipinski definition) is 3. The quantitative estimate of drug-likeness (QED) is 0.739. The first-order valence-corrected chi connectivity index (χ1v) is 4.04. The van der Waals surface area contributed by atoms with E-state index >= 15 is 0 Å². The minimum atomic E-state index is -0.520. The number of nitrogens with zero attached hydrogens (tertiary/aromatic N) is 3. The average Bonchev–Trinajstić information content (AvgIpc) is 2.67. The smallest absolute Gasteiger partial charge is 0.267 e. The molecule has 0 saturated heterocycles. The van der Waals surface area contributed by atoms with Crippen LogP contribution in [-0.4, -0.2) is 20.7 Å². The molecule has 5 heteroatoms. The predicted molar refractivity (Wildman–Crippen MR) is 49.9 cm³/mol. The molecule has 0 fully saturated rings. The largest absolute Gasteiger partial charge is 0.364 e. The Morgan fingerprint density at radius 1 is 1.29 bits per heavy atom. The fourth-order valence-corrected chi connectivity index (χ4v) is 1.15. The Kier molecular flexibility index (Phi) is 1.98. The first-order chi connectivity index (χ1) is 6.79. The van der Waals surface area contributed by atoms with Crippen LogP contribution in [0, 0.1) is 0 Å². The first-order valence-electron chi connectivity index (χ1n) is 4.04. The van der Waals surface area contributed by atoms with Crippen LogP contribution >= 0.6 is 0 Å². The fraction of sp³-hybridized carbons (Fsp3) is 0. The molecule has 2 heterocycles. The third kappa shape index (κ3) is 1.35. The van der Waals surface area contributed by atoms with E-state index in [2.05, 4.69) is 10.1 Å². The summed E-state index contributed by atoms with van der Waals surface area (Å²) in [4.78, 5) is 15.0. The molecule has 0 aliphatic rings. The van der Waals surface area contributed by atoms with Crippen LogP contribution in [0.15, 0.2) is 36.7 Å². The molecule has 0 aromatic carbocycles. The van der Waals surface area contributed by atoms with Gasteiger partial charge in [-0.25, -0.2) is 9.67 Å². The highest BCUT2D eigenvalue weighted by molar-refractivity contribution is 5.91. The summed E-state index contributed by atoms with van der Waals surface area (Å²) in [6, 6.07) is 6.90. The van der Waals surface area contributed by atoms with Gasteiger partial charge in [0.2, 0.25) is 0 Å².